The van der Waals surface area contributed by atoms with Crippen molar-refractivity contribution in [3.8, 4) is 0 Å². The number of hydrogen-bond donors (Lipinski definition) is 0. The minimum absolute atomic E-state index is 0.0825. The Hall–Kier alpha value is -2.69. The third kappa shape index (κ3) is 2.05. The molecule has 4 atom stereocenters. The lowest BCUT2D eigenvalue weighted by Gasteiger charge is -2.36. The Labute approximate surface area is 146 Å². The summed E-state index contributed by atoms with van der Waals surface area (Å²) in [5, 5.41) is 0. The van der Waals surface area contributed by atoms with Gasteiger partial charge < -0.3 is 4.90 Å². The Bertz CT molecular complexity index is 841. The lowest BCUT2D eigenvalue weighted by atomic mass is 9.88. The first-order valence-electron chi connectivity index (χ1n) is 8.49. The summed E-state index contributed by atoms with van der Waals surface area (Å²) in [6.45, 7) is 7.34. The molecule has 5 heteroatoms. The maximum absolute atomic E-state index is 12.9. The Balaban J connectivity index is 1.85. The first kappa shape index (κ1) is 15.8. The SMILES string of the molecule is C=CCN1C(=O)[C@@H]2[C@H](C1=O)[C@@H]1C=Cc3cc(C)ccc3N1[C@@H]2C(C)=O. The molecule has 25 heavy (non-hydrogen) atoms. The summed E-state index contributed by atoms with van der Waals surface area (Å²) in [5.41, 5.74) is 3.07. The van der Waals surface area contributed by atoms with E-state index in [0.717, 1.165) is 16.8 Å². The third-order valence-electron chi connectivity index (χ3n) is 5.48. The number of ketones is 1. The highest BCUT2D eigenvalue weighted by atomic mass is 16.2. The van der Waals surface area contributed by atoms with Crippen LogP contribution in [0.1, 0.15) is 18.1 Å². The van der Waals surface area contributed by atoms with E-state index in [1.54, 1.807) is 6.08 Å². The normalized spacial score (nSPS) is 29.5. The van der Waals surface area contributed by atoms with Crippen LogP contribution >= 0.6 is 0 Å². The summed E-state index contributed by atoms with van der Waals surface area (Å²) in [4.78, 5) is 41.4. The van der Waals surface area contributed by atoms with Gasteiger partial charge in [0, 0.05) is 12.2 Å². The number of imide groups is 1. The van der Waals surface area contributed by atoms with E-state index in [2.05, 4.69) is 12.6 Å². The summed E-state index contributed by atoms with van der Waals surface area (Å²) in [6, 6.07) is 5.16. The molecule has 0 bridgehead atoms. The lowest BCUT2D eigenvalue weighted by molar-refractivity contribution is -0.140. The van der Waals surface area contributed by atoms with Crippen LogP contribution in [0.5, 0.6) is 0 Å². The van der Waals surface area contributed by atoms with Gasteiger partial charge in [-0.25, -0.2) is 0 Å². The fourth-order valence-corrected chi connectivity index (χ4v) is 4.52. The summed E-state index contributed by atoms with van der Waals surface area (Å²) in [6.07, 6.45) is 5.51. The highest BCUT2D eigenvalue weighted by Crippen LogP contribution is 2.48. The molecule has 0 saturated carbocycles. The number of Topliss-reactive ketones (excluding diaryl/α,β-unsaturated/α-hetero) is 1. The monoisotopic (exact) mass is 336 g/mol. The van der Waals surface area contributed by atoms with Gasteiger partial charge in [0.2, 0.25) is 11.8 Å². The number of likely N-dealkylation sites (tertiary alicyclic amines) is 1. The maximum Gasteiger partial charge on any atom is 0.236 e. The zero-order chi connectivity index (χ0) is 17.9. The molecule has 2 amide bonds. The molecular formula is C20H20N2O3. The molecule has 3 aliphatic rings. The first-order valence-corrected chi connectivity index (χ1v) is 8.49. The number of benzene rings is 1. The molecule has 0 aromatic heterocycles. The van der Waals surface area contributed by atoms with Crippen LogP contribution in [0.4, 0.5) is 5.69 Å². The van der Waals surface area contributed by atoms with Gasteiger partial charge in [0.05, 0.1) is 17.9 Å². The zero-order valence-electron chi connectivity index (χ0n) is 14.3. The Morgan fingerprint density at radius 2 is 1.96 bits per heavy atom. The number of amides is 2. The van der Waals surface area contributed by atoms with Gasteiger partial charge >= 0.3 is 0 Å². The molecule has 0 radical (unpaired) electrons. The summed E-state index contributed by atoms with van der Waals surface area (Å²) in [5.74, 6) is -1.67. The zero-order valence-corrected chi connectivity index (χ0v) is 14.3. The van der Waals surface area contributed by atoms with E-state index in [-0.39, 0.29) is 30.2 Å². The summed E-state index contributed by atoms with van der Waals surface area (Å²) < 4.78 is 0. The quantitative estimate of drug-likeness (QED) is 0.625. The molecule has 5 nitrogen and oxygen atoms in total. The first-order chi connectivity index (χ1) is 12.0. The highest BCUT2D eigenvalue weighted by Gasteiger charge is 2.63. The second-order valence-electron chi connectivity index (χ2n) is 7.00. The van der Waals surface area contributed by atoms with Crippen molar-refractivity contribution in [2.75, 3.05) is 11.4 Å². The number of carbonyl (C=O) groups excluding carboxylic acids is 3. The predicted octanol–water partition coefficient (Wildman–Crippen LogP) is 1.96. The molecule has 128 valence electrons. The van der Waals surface area contributed by atoms with Crippen molar-refractivity contribution < 1.29 is 14.4 Å². The van der Waals surface area contributed by atoms with Crippen LogP contribution in [0.15, 0.2) is 36.9 Å². The smallest absolute Gasteiger partial charge is 0.236 e. The van der Waals surface area contributed by atoms with E-state index in [9.17, 15) is 14.4 Å². The van der Waals surface area contributed by atoms with Crippen LogP contribution in [0.25, 0.3) is 6.08 Å². The van der Waals surface area contributed by atoms with Crippen molar-refractivity contribution in [2.24, 2.45) is 11.8 Å². The molecule has 0 unspecified atom stereocenters. The van der Waals surface area contributed by atoms with Gasteiger partial charge in [-0.2, -0.15) is 0 Å². The van der Waals surface area contributed by atoms with Crippen molar-refractivity contribution in [3.63, 3.8) is 0 Å². The van der Waals surface area contributed by atoms with Gasteiger partial charge in [-0.3, -0.25) is 19.3 Å². The average molecular weight is 336 g/mol. The van der Waals surface area contributed by atoms with Crippen molar-refractivity contribution in [1.82, 2.24) is 4.90 Å². The van der Waals surface area contributed by atoms with Crippen LogP contribution in [0, 0.1) is 18.8 Å². The highest BCUT2D eigenvalue weighted by molar-refractivity contribution is 6.11. The van der Waals surface area contributed by atoms with Crippen LogP contribution in [0.2, 0.25) is 0 Å². The Kier molecular flexibility index (Phi) is 3.42. The van der Waals surface area contributed by atoms with Crippen molar-refractivity contribution in [2.45, 2.75) is 25.9 Å². The van der Waals surface area contributed by atoms with E-state index in [1.165, 1.54) is 11.8 Å². The largest absolute Gasteiger partial charge is 0.353 e. The molecule has 0 spiro atoms. The van der Waals surface area contributed by atoms with Crippen LogP contribution in [-0.2, 0) is 14.4 Å². The van der Waals surface area contributed by atoms with Gasteiger partial charge in [-0.1, -0.05) is 29.9 Å². The lowest BCUT2D eigenvalue weighted by Crippen LogP contribution is -2.48. The number of anilines is 1. The molecule has 1 aromatic carbocycles. The number of nitrogens with zero attached hydrogens (tertiary/aromatic N) is 2. The topological polar surface area (TPSA) is 57.7 Å². The molecule has 4 rings (SSSR count). The number of carbonyl (C=O) groups is 3. The van der Waals surface area contributed by atoms with Gasteiger partial charge in [-0.15, -0.1) is 6.58 Å². The van der Waals surface area contributed by atoms with Crippen molar-refractivity contribution in [3.05, 3.63) is 48.1 Å². The molecule has 3 aliphatic heterocycles. The summed E-state index contributed by atoms with van der Waals surface area (Å²) in [7, 11) is 0. The maximum atomic E-state index is 12.9. The van der Waals surface area contributed by atoms with Crippen molar-refractivity contribution >= 4 is 29.4 Å². The Morgan fingerprint density at radius 3 is 2.64 bits per heavy atom. The average Bonchev–Trinajstić information content (AvgIpc) is 3.04. The number of hydrogen-bond acceptors (Lipinski definition) is 4. The van der Waals surface area contributed by atoms with Gasteiger partial charge in [0.15, 0.2) is 5.78 Å². The van der Waals surface area contributed by atoms with Crippen LogP contribution in [0.3, 0.4) is 0 Å². The molecule has 0 aliphatic carbocycles. The molecule has 0 N–H and O–H groups in total. The van der Waals surface area contributed by atoms with Crippen molar-refractivity contribution in [1.29, 1.82) is 0 Å². The van der Waals surface area contributed by atoms with E-state index in [0.29, 0.717) is 0 Å². The number of fused-ring (bicyclic) bond motifs is 5. The van der Waals surface area contributed by atoms with Gasteiger partial charge in [-0.05, 0) is 31.5 Å². The second-order valence-corrected chi connectivity index (χ2v) is 7.00. The Morgan fingerprint density at radius 1 is 1.24 bits per heavy atom. The van der Waals surface area contributed by atoms with E-state index >= 15 is 0 Å². The van der Waals surface area contributed by atoms with Crippen LogP contribution < -0.4 is 4.90 Å². The van der Waals surface area contributed by atoms with E-state index < -0.39 is 17.9 Å². The van der Waals surface area contributed by atoms with Gasteiger partial charge in [0.25, 0.3) is 0 Å². The van der Waals surface area contributed by atoms with Gasteiger partial charge in [0.1, 0.15) is 6.04 Å². The third-order valence-corrected chi connectivity index (χ3v) is 5.48. The molecular weight excluding hydrogens is 316 g/mol. The summed E-state index contributed by atoms with van der Waals surface area (Å²) >= 11 is 0. The van der Waals surface area contributed by atoms with E-state index in [4.69, 9.17) is 0 Å². The minimum Gasteiger partial charge on any atom is -0.353 e. The fraction of sp³-hybridized carbons (Fsp3) is 0.350. The standard InChI is InChI=1S/C20H20N2O3/c1-4-9-21-19(24)16-15-8-6-13-10-11(2)5-7-14(13)22(15)18(12(3)23)17(16)20(21)25/h4-8,10,15-18H,1,9H2,2-3H3/t15-,16+,17+,18+/m0/s1. The fourth-order valence-electron chi connectivity index (χ4n) is 4.52. The molecule has 2 fully saturated rings. The number of rotatable bonds is 3. The number of aryl methyl sites for hydroxylation is 1. The second kappa shape index (κ2) is 5.41. The molecule has 3 heterocycles. The van der Waals surface area contributed by atoms with Crippen LogP contribution in [-0.4, -0.2) is 41.1 Å². The van der Waals surface area contributed by atoms with E-state index in [1.807, 2.05) is 36.1 Å². The predicted molar refractivity (Wildman–Crippen MR) is 94.8 cm³/mol. The molecule has 1 aromatic rings. The molecule has 2 saturated heterocycles. The minimum atomic E-state index is -0.619.